The summed E-state index contributed by atoms with van der Waals surface area (Å²) in [6.07, 6.45) is -2.77. The van der Waals surface area contributed by atoms with Crippen LogP contribution in [0.15, 0.2) is 156 Å². The molecular weight excluding hydrogens is 1140 g/mol. The van der Waals surface area contributed by atoms with Crippen molar-refractivity contribution in [3.05, 3.63) is 197 Å². The Morgan fingerprint density at radius 2 is 1.18 bits per heavy atom. The summed E-state index contributed by atoms with van der Waals surface area (Å²) in [7, 11) is 0. The smallest absolute Gasteiger partial charge is 0.418 e. The van der Waals surface area contributed by atoms with Gasteiger partial charge in [0, 0.05) is 37.4 Å². The van der Waals surface area contributed by atoms with Crippen LogP contribution in [0.25, 0.3) is 94.0 Å². The molecule has 1 radical (unpaired) electrons. The number of fused-ring (bicyclic) bond motifs is 7. The second kappa shape index (κ2) is 20.5. The quantitative estimate of drug-likeness (QED) is 0.123. The first-order valence-electron chi connectivity index (χ1n) is 26.4. The minimum Gasteiger partial charge on any atom is -0.501 e. The van der Waals surface area contributed by atoms with Crippen molar-refractivity contribution in [3.8, 4) is 39.5 Å². The molecule has 3 heterocycles. The Kier molecular flexibility index (Phi) is 14.6. The van der Waals surface area contributed by atoms with Crippen LogP contribution in [0, 0.1) is 12.1 Å². The molecule has 0 aliphatic carbocycles. The number of para-hydroxylation sites is 1. The molecule has 11 rings (SSSR count). The number of halogens is 3. The van der Waals surface area contributed by atoms with Crippen molar-refractivity contribution in [2.45, 2.75) is 124 Å². The SMILES string of the molecule is CC(C)(C)c1ccnc(-c2[c-]cccc2)c1.CC(C)c1cc(-c2cc(C(C)(C)C)cc(C(C)(C)C)c2)cc(C(C)C)c1-n1c(-c2[c-]ccc3c2oc2cc4c(ccc5ccccc54)cc23)nc2cccc(C(F)(F)F)c21.[Ir]. The maximum absolute atomic E-state index is 15.3. The standard InChI is InChI=1S/C54H50F3N2O.C15H16N.Ir/c1-30(2)41-26-35(34-23-36(52(5,6)7)28-37(24-34)53(8,9)10)27-42(31(3)4)48(41)59-49-45(54(55,56)57)19-14-20-46(49)58-51(59)40-18-13-17-39-44-25-33-22-21-32-15-11-12-16-38(32)43(33)29-47(44)60-50(39)40;1-15(2,3)13-9-10-16-14(11-13)12-7-5-4-6-8-12;/h11-17,19-31H,1-10H3;4-7,9-11H,1-3H3;/q2*-1;. The van der Waals surface area contributed by atoms with Crippen molar-refractivity contribution in [1.82, 2.24) is 14.5 Å². The van der Waals surface area contributed by atoms with Crippen molar-refractivity contribution in [2.75, 3.05) is 0 Å². The van der Waals surface area contributed by atoms with E-state index in [0.29, 0.717) is 28.2 Å². The molecule has 0 fully saturated rings. The van der Waals surface area contributed by atoms with Crippen LogP contribution in [0.4, 0.5) is 13.2 Å². The zero-order valence-electron chi connectivity index (χ0n) is 46.3. The molecule has 0 atom stereocenters. The molecule has 0 unspecified atom stereocenters. The van der Waals surface area contributed by atoms with E-state index in [-0.39, 0.29) is 59.2 Å². The molecule has 3 aromatic heterocycles. The number of alkyl halides is 3. The van der Waals surface area contributed by atoms with Crippen LogP contribution in [-0.4, -0.2) is 14.5 Å². The third-order valence-electron chi connectivity index (χ3n) is 14.7. The Morgan fingerprint density at radius 3 is 1.81 bits per heavy atom. The summed E-state index contributed by atoms with van der Waals surface area (Å²) in [4.78, 5) is 9.47. The molecule has 0 saturated carbocycles. The number of pyridine rings is 1. The molecule has 8 aromatic carbocycles. The summed E-state index contributed by atoms with van der Waals surface area (Å²) < 4.78 is 54.4. The summed E-state index contributed by atoms with van der Waals surface area (Å²) in [5.41, 5.74) is 11.7. The van der Waals surface area contributed by atoms with Crippen LogP contribution in [0.1, 0.15) is 135 Å². The number of hydrogen-bond acceptors (Lipinski definition) is 3. The predicted octanol–water partition coefficient (Wildman–Crippen LogP) is 20.1. The van der Waals surface area contributed by atoms with E-state index in [0.717, 1.165) is 71.9 Å². The summed E-state index contributed by atoms with van der Waals surface area (Å²) in [5.74, 6) is 0.242. The zero-order chi connectivity index (χ0) is 54.2. The topological polar surface area (TPSA) is 43.9 Å². The minimum absolute atomic E-state index is 0. The van der Waals surface area contributed by atoms with Crippen LogP contribution >= 0.6 is 0 Å². The second-order valence-electron chi connectivity index (χ2n) is 24.1. The molecule has 0 saturated heterocycles. The molecule has 0 aliphatic heterocycles. The summed E-state index contributed by atoms with van der Waals surface area (Å²) in [6, 6.07) is 54.8. The van der Waals surface area contributed by atoms with Crippen molar-refractivity contribution < 1.29 is 37.7 Å². The van der Waals surface area contributed by atoms with E-state index in [1.165, 1.54) is 22.8 Å². The molecule has 0 N–H and O–H groups in total. The fraction of sp³-hybridized carbons (Fsp3) is 0.275. The van der Waals surface area contributed by atoms with Gasteiger partial charge in [-0.05, 0) is 137 Å². The first kappa shape index (κ1) is 54.9. The molecule has 0 aliphatic rings. The molecule has 77 heavy (non-hydrogen) atoms. The maximum atomic E-state index is 15.3. The number of furan rings is 1. The van der Waals surface area contributed by atoms with E-state index in [9.17, 15) is 0 Å². The second-order valence-corrected chi connectivity index (χ2v) is 24.1. The van der Waals surface area contributed by atoms with Crippen molar-refractivity contribution in [3.63, 3.8) is 0 Å². The van der Waals surface area contributed by atoms with Gasteiger partial charge in [-0.2, -0.15) is 13.2 Å². The summed E-state index contributed by atoms with van der Waals surface area (Å²) in [6.45, 7) is 28.5. The van der Waals surface area contributed by atoms with E-state index in [1.54, 1.807) is 10.6 Å². The first-order chi connectivity index (χ1) is 35.9. The van der Waals surface area contributed by atoms with Crippen LogP contribution in [-0.2, 0) is 42.5 Å². The number of rotatable bonds is 6. The fourth-order valence-corrected chi connectivity index (χ4v) is 10.4. The number of hydrogen-bond donors (Lipinski definition) is 0. The van der Waals surface area contributed by atoms with E-state index >= 15 is 13.2 Å². The van der Waals surface area contributed by atoms with Crippen LogP contribution < -0.4 is 0 Å². The first-order valence-corrected chi connectivity index (χ1v) is 26.4. The van der Waals surface area contributed by atoms with Gasteiger partial charge in [0.1, 0.15) is 5.58 Å². The number of imidazole rings is 1. The Hall–Kier alpha value is -6.86. The number of aromatic nitrogens is 3. The van der Waals surface area contributed by atoms with Gasteiger partial charge >= 0.3 is 6.18 Å². The van der Waals surface area contributed by atoms with Gasteiger partial charge in [-0.3, -0.25) is 4.98 Å². The number of nitrogens with zero attached hydrogens (tertiary/aromatic N) is 3. The van der Waals surface area contributed by atoms with Crippen molar-refractivity contribution in [2.24, 2.45) is 0 Å². The van der Waals surface area contributed by atoms with E-state index in [4.69, 9.17) is 9.40 Å². The predicted molar refractivity (Wildman–Crippen MR) is 311 cm³/mol. The summed E-state index contributed by atoms with van der Waals surface area (Å²) in [5, 5.41) is 6.16. The number of benzene rings is 8. The zero-order valence-corrected chi connectivity index (χ0v) is 48.7. The van der Waals surface area contributed by atoms with Crippen LogP contribution in [0.5, 0.6) is 0 Å². The Balaban J connectivity index is 0.000000364. The largest absolute Gasteiger partial charge is 0.501 e. The van der Waals surface area contributed by atoms with E-state index < -0.39 is 11.7 Å². The molecular formula is C69H66F3IrN3O-2. The molecule has 395 valence electrons. The average molecular weight is 1200 g/mol. The third kappa shape index (κ3) is 10.6. The van der Waals surface area contributed by atoms with Gasteiger partial charge in [0.25, 0.3) is 0 Å². The Bertz CT molecular complexity index is 3930. The minimum atomic E-state index is -4.64. The maximum Gasteiger partial charge on any atom is 0.418 e. The van der Waals surface area contributed by atoms with Gasteiger partial charge in [0.15, 0.2) is 0 Å². The normalized spacial score (nSPS) is 12.5. The van der Waals surface area contributed by atoms with Gasteiger partial charge < -0.3 is 14.0 Å². The molecule has 4 nitrogen and oxygen atoms in total. The molecule has 0 spiro atoms. The molecule has 0 bridgehead atoms. The van der Waals surface area contributed by atoms with Gasteiger partial charge in [0.05, 0.1) is 28.0 Å². The monoisotopic (exact) mass is 1200 g/mol. The van der Waals surface area contributed by atoms with Crippen molar-refractivity contribution >= 4 is 54.5 Å². The summed E-state index contributed by atoms with van der Waals surface area (Å²) >= 11 is 0. The van der Waals surface area contributed by atoms with Crippen molar-refractivity contribution in [1.29, 1.82) is 0 Å². The third-order valence-corrected chi connectivity index (χ3v) is 14.7. The van der Waals surface area contributed by atoms with Gasteiger partial charge in [0.2, 0.25) is 0 Å². The van der Waals surface area contributed by atoms with Gasteiger partial charge in [-0.15, -0.1) is 54.1 Å². The van der Waals surface area contributed by atoms with Crippen LogP contribution in [0.3, 0.4) is 0 Å². The van der Waals surface area contributed by atoms with Crippen LogP contribution in [0.2, 0.25) is 0 Å². The van der Waals surface area contributed by atoms with E-state index in [2.05, 4.69) is 186 Å². The van der Waals surface area contributed by atoms with Gasteiger partial charge in [-0.25, -0.2) is 0 Å². The van der Waals surface area contributed by atoms with Gasteiger partial charge in [-0.1, -0.05) is 168 Å². The molecule has 8 heteroatoms. The molecule has 11 aromatic rings. The molecule has 0 amide bonds. The Morgan fingerprint density at radius 1 is 0.545 bits per heavy atom. The van der Waals surface area contributed by atoms with E-state index in [1.807, 2.05) is 54.7 Å². The average Bonchev–Trinajstić information content (AvgIpc) is 4.11. The Labute approximate surface area is 465 Å². The fourth-order valence-electron chi connectivity index (χ4n) is 10.4.